The van der Waals surface area contributed by atoms with Gasteiger partial charge >= 0.3 is 12.1 Å². The van der Waals surface area contributed by atoms with E-state index in [1.54, 1.807) is 30.5 Å². The quantitative estimate of drug-likeness (QED) is 0.0417. The van der Waals surface area contributed by atoms with Crippen LogP contribution in [0.1, 0.15) is 23.1 Å². The average molecular weight is 1180 g/mol. The van der Waals surface area contributed by atoms with E-state index in [0.29, 0.717) is 5.56 Å². The summed E-state index contributed by atoms with van der Waals surface area (Å²) in [4.78, 5) is 69.1. The molecule has 0 saturated carbocycles. The molecule has 0 aliphatic carbocycles. The zero-order chi connectivity index (χ0) is 60.7. The summed E-state index contributed by atoms with van der Waals surface area (Å²) in [6, 6.07) is 20.7. The first-order valence-corrected chi connectivity index (χ1v) is 26.2. The Morgan fingerprint density at radius 1 is 0.675 bits per heavy atom. The number of rotatable bonds is 19. The summed E-state index contributed by atoms with van der Waals surface area (Å²) >= 11 is 0. The lowest BCUT2D eigenvalue weighted by molar-refractivity contribution is -0.367. The molecular weight excluding hydrogens is 1110 g/mol. The van der Waals surface area contributed by atoms with E-state index in [1.807, 2.05) is 60.7 Å². The molecule has 83 heavy (non-hydrogen) atoms. The molecule has 18 atom stereocenters. The highest BCUT2D eigenvalue weighted by molar-refractivity contribution is 5.95. The molecule has 7 rings (SSSR count). The molecule has 3 aliphatic rings. The molecule has 458 valence electrons. The maximum atomic E-state index is 14.4. The third-order valence-corrected chi connectivity index (χ3v) is 13.9. The monoisotopic (exact) mass is 1180 g/mol. The SMILES string of the molecule is O=C(O)C(F)(F)F.O=C1C[C@@H](NC[C@H](O)[C@@H](O)[C@H](O[C@H]2O[C@H](CO)[C@@H](O[C@H]3O[C@H](CO)[C@@H](O)[C@H](O)[C@H]3O)[C@H](O)[C@H]2O)[C@H](O)CO)C(=O)NC[C@@H](Cc2ccccc2)NC(=O)[C@H](Cc2ccccc2)NC(=O)[C@H](Cc2c[nH]c3ccccc23)N1. The van der Waals surface area contributed by atoms with Crippen LogP contribution in [0, 0.1) is 0 Å². The number of benzene rings is 3. The number of aromatic nitrogens is 1. The molecule has 1 aromatic heterocycles. The van der Waals surface area contributed by atoms with Gasteiger partial charge in [-0.1, -0.05) is 78.9 Å². The minimum Gasteiger partial charge on any atom is -0.475 e. The number of aliphatic hydroxyl groups is 11. The van der Waals surface area contributed by atoms with Crippen molar-refractivity contribution in [3.63, 3.8) is 0 Å². The van der Waals surface area contributed by atoms with Crippen molar-refractivity contribution in [2.75, 3.05) is 32.9 Å². The van der Waals surface area contributed by atoms with Crippen LogP contribution in [-0.2, 0) is 62.2 Å². The number of carbonyl (C=O) groups excluding carboxylic acids is 4. The Balaban J connectivity index is 0.00000148. The van der Waals surface area contributed by atoms with Crippen LogP contribution in [0.2, 0.25) is 0 Å². The fraction of sp³-hybridized carbons (Fsp3) is 0.528. The Labute approximate surface area is 471 Å². The second-order valence-corrected chi connectivity index (χ2v) is 20.0. The van der Waals surface area contributed by atoms with Crippen LogP contribution in [0.15, 0.2) is 91.1 Å². The number of aliphatic carboxylic acids is 1. The van der Waals surface area contributed by atoms with Crippen molar-refractivity contribution in [1.29, 1.82) is 0 Å². The van der Waals surface area contributed by atoms with Crippen molar-refractivity contribution in [2.45, 2.75) is 142 Å². The Morgan fingerprint density at radius 2 is 1.24 bits per heavy atom. The van der Waals surface area contributed by atoms with Gasteiger partial charge in [-0.25, -0.2) is 4.79 Å². The molecule has 0 unspecified atom stereocenters. The van der Waals surface area contributed by atoms with Crippen LogP contribution in [0.25, 0.3) is 10.9 Å². The number of hydrogen-bond donors (Lipinski definition) is 18. The largest absolute Gasteiger partial charge is 0.490 e. The van der Waals surface area contributed by atoms with Gasteiger partial charge in [-0.2, -0.15) is 13.2 Å². The van der Waals surface area contributed by atoms with E-state index >= 15 is 0 Å². The number of aliphatic hydroxyl groups excluding tert-OH is 11. The fourth-order valence-electron chi connectivity index (χ4n) is 9.41. The van der Waals surface area contributed by atoms with E-state index < -0.39 is 179 Å². The molecule has 4 aromatic rings. The van der Waals surface area contributed by atoms with Gasteiger partial charge in [-0.15, -0.1) is 0 Å². The van der Waals surface area contributed by atoms with Gasteiger partial charge in [0.05, 0.1) is 44.4 Å². The molecule has 3 aliphatic heterocycles. The Bertz CT molecular complexity index is 2720. The summed E-state index contributed by atoms with van der Waals surface area (Å²) in [5, 5.41) is 139. The van der Waals surface area contributed by atoms with Crippen molar-refractivity contribution in [2.24, 2.45) is 0 Å². The number of alkyl halides is 3. The van der Waals surface area contributed by atoms with Crippen LogP contribution in [0.3, 0.4) is 0 Å². The molecule has 30 heteroatoms. The predicted molar refractivity (Wildman–Crippen MR) is 278 cm³/mol. The third-order valence-electron chi connectivity index (χ3n) is 13.9. The number of aromatic amines is 1. The zero-order valence-electron chi connectivity index (χ0n) is 44.1. The van der Waals surface area contributed by atoms with Crippen LogP contribution < -0.4 is 26.6 Å². The molecule has 4 amide bonds. The lowest BCUT2D eigenvalue weighted by Crippen LogP contribution is -2.65. The van der Waals surface area contributed by atoms with Gasteiger partial charge in [0.25, 0.3) is 0 Å². The second kappa shape index (κ2) is 30.5. The van der Waals surface area contributed by atoms with Crippen molar-refractivity contribution in [1.82, 2.24) is 31.6 Å². The fourth-order valence-corrected chi connectivity index (χ4v) is 9.41. The minimum atomic E-state index is -5.08. The summed E-state index contributed by atoms with van der Waals surface area (Å²) in [6.07, 6.45) is -30.5. The number of nitrogens with one attached hydrogen (secondary N) is 6. The molecule has 3 aromatic carbocycles. The van der Waals surface area contributed by atoms with E-state index in [4.69, 9.17) is 28.8 Å². The molecule has 4 heterocycles. The molecule has 0 spiro atoms. The number of hydrogen-bond acceptors (Lipinski definition) is 21. The van der Waals surface area contributed by atoms with E-state index in [0.717, 1.165) is 22.0 Å². The van der Waals surface area contributed by atoms with Crippen LogP contribution in [-0.4, -0.2) is 245 Å². The van der Waals surface area contributed by atoms with Crippen molar-refractivity contribution in [3.8, 4) is 0 Å². The first-order valence-electron chi connectivity index (χ1n) is 26.2. The van der Waals surface area contributed by atoms with Crippen LogP contribution in [0.4, 0.5) is 13.2 Å². The highest BCUT2D eigenvalue weighted by Gasteiger charge is 2.52. The summed E-state index contributed by atoms with van der Waals surface area (Å²) in [6.45, 7) is -3.80. The number of amides is 4. The van der Waals surface area contributed by atoms with Crippen LogP contribution >= 0.6 is 0 Å². The number of carboxylic acids is 1. The van der Waals surface area contributed by atoms with Gasteiger partial charge in [0.1, 0.15) is 79.2 Å². The molecule has 27 nitrogen and oxygen atoms in total. The second-order valence-electron chi connectivity index (χ2n) is 20.0. The smallest absolute Gasteiger partial charge is 0.475 e. The number of carboxylic acid groups (broad SMARTS) is 1. The van der Waals surface area contributed by atoms with Gasteiger partial charge in [0.15, 0.2) is 12.6 Å². The number of halogens is 3. The van der Waals surface area contributed by atoms with E-state index in [1.165, 1.54) is 0 Å². The minimum absolute atomic E-state index is 0.0525. The molecule has 18 N–H and O–H groups in total. The summed E-state index contributed by atoms with van der Waals surface area (Å²) in [5.74, 6) is -5.63. The van der Waals surface area contributed by atoms with E-state index in [-0.39, 0.29) is 25.8 Å². The van der Waals surface area contributed by atoms with Crippen molar-refractivity contribution < 1.29 is 117 Å². The zero-order valence-corrected chi connectivity index (χ0v) is 44.1. The summed E-state index contributed by atoms with van der Waals surface area (Å²) < 4.78 is 53.9. The van der Waals surface area contributed by atoms with Gasteiger partial charge in [-0.3, -0.25) is 19.2 Å². The maximum Gasteiger partial charge on any atom is 0.490 e. The van der Waals surface area contributed by atoms with E-state index in [2.05, 4.69) is 31.6 Å². The number of ether oxygens (including phenoxy) is 4. The first kappa shape index (κ1) is 65.8. The normalized spacial score (nSPS) is 30.0. The Hall–Kier alpha value is -6.30. The van der Waals surface area contributed by atoms with Gasteiger partial charge in [0, 0.05) is 43.0 Å². The molecule has 0 bridgehead atoms. The summed E-state index contributed by atoms with van der Waals surface area (Å²) in [5.41, 5.74) is 2.96. The molecular formula is C53H69F3N6O21. The Kier molecular flexibility index (Phi) is 24.2. The maximum absolute atomic E-state index is 14.4. The third kappa shape index (κ3) is 17.9. The van der Waals surface area contributed by atoms with Gasteiger partial charge in [-0.05, 0) is 29.2 Å². The molecule has 3 fully saturated rings. The number of fused-ring (bicyclic) bond motifs is 1. The Morgan fingerprint density at radius 3 is 1.86 bits per heavy atom. The highest BCUT2D eigenvalue weighted by Crippen LogP contribution is 2.31. The van der Waals surface area contributed by atoms with Gasteiger partial charge in [0.2, 0.25) is 23.6 Å². The van der Waals surface area contributed by atoms with Crippen molar-refractivity contribution >= 4 is 40.5 Å². The average Bonchev–Trinajstić information content (AvgIpc) is 3.86. The summed E-state index contributed by atoms with van der Waals surface area (Å²) in [7, 11) is 0. The van der Waals surface area contributed by atoms with Crippen molar-refractivity contribution in [3.05, 3.63) is 108 Å². The topological polar surface area (TPSA) is 441 Å². The molecule has 3 saturated heterocycles. The van der Waals surface area contributed by atoms with Gasteiger partial charge < -0.3 is 112 Å². The number of carbonyl (C=O) groups is 5. The predicted octanol–water partition coefficient (Wildman–Crippen LogP) is -5.15. The lowest BCUT2D eigenvalue weighted by Gasteiger charge is -2.46. The lowest BCUT2D eigenvalue weighted by atomic mass is 9.96. The first-order chi connectivity index (χ1) is 39.4. The molecule has 0 radical (unpaired) electrons. The van der Waals surface area contributed by atoms with E-state index in [9.17, 15) is 88.5 Å². The van der Waals surface area contributed by atoms with Crippen LogP contribution in [0.5, 0.6) is 0 Å². The number of para-hydroxylation sites is 1. The highest BCUT2D eigenvalue weighted by atomic mass is 19.4. The number of H-pyrrole nitrogens is 1. The standard InChI is InChI=1S/C51H68N6O19.C2HF3O2/c58-22-35(62)45(75-51-44(69)42(67)46(37(24-60)74-51)76-50-43(68)41(66)40(65)36(23-59)73-50)39(64)34(61)21-53-31-18-38(63)56-33(17-27-19-52-30-14-8-7-13-29(27)30)49(72)57-32(16-26-11-5-2-6-12-26)48(71)55-28(20-54-47(31)70)15-25-9-3-1-4-10-25;3-2(4,5)1(6)7/h1-14,19,28,31-37,39-46,50-53,58-62,64-69H,15-18,20-24H2,(H,54,70)(H,55,71)(H,56,63)(H,57,72);(H,6,7)/t28-,31-,32+,33+,34+,35-,36-,37-,39-,40-,41+,42-,43-,44-,45-,46-,50-,51-;/m1./s1.